The molecule has 0 aliphatic carbocycles. The fourth-order valence-electron chi connectivity index (χ4n) is 4.17. The van der Waals surface area contributed by atoms with Crippen molar-refractivity contribution in [2.75, 3.05) is 7.11 Å². The Labute approximate surface area is 187 Å². The van der Waals surface area contributed by atoms with Gasteiger partial charge in [-0.05, 0) is 35.7 Å². The van der Waals surface area contributed by atoms with Gasteiger partial charge in [-0.25, -0.2) is 9.59 Å². The van der Waals surface area contributed by atoms with E-state index in [-0.39, 0.29) is 6.61 Å². The molecule has 0 spiro atoms. The number of hydrogen-bond acceptors (Lipinski definition) is 5. The van der Waals surface area contributed by atoms with Crippen LogP contribution < -0.4 is 5.32 Å². The smallest absolute Gasteiger partial charge is 0.337 e. The quantitative estimate of drug-likeness (QED) is 0.581. The second-order valence-electron chi connectivity index (χ2n) is 7.80. The van der Waals surface area contributed by atoms with E-state index in [9.17, 15) is 9.59 Å². The third kappa shape index (κ3) is 4.14. The molecule has 0 bridgehead atoms. The third-order valence-corrected chi connectivity index (χ3v) is 5.71. The second-order valence-corrected chi connectivity index (χ2v) is 7.80. The fraction of sp³-hybridized carbons (Fsp3) is 0.185. The van der Waals surface area contributed by atoms with Gasteiger partial charge in [0, 0.05) is 11.4 Å². The first-order chi connectivity index (χ1) is 15.5. The summed E-state index contributed by atoms with van der Waals surface area (Å²) < 4.78 is 10.7. The van der Waals surface area contributed by atoms with E-state index in [1.165, 1.54) is 7.11 Å². The Morgan fingerprint density at radius 1 is 0.812 bits per heavy atom. The number of rotatable bonds is 5. The molecule has 1 aliphatic rings. The largest absolute Gasteiger partial charge is 0.466 e. The van der Waals surface area contributed by atoms with Crippen LogP contribution in [-0.2, 0) is 25.7 Å². The molecule has 3 aromatic rings. The highest BCUT2D eigenvalue weighted by molar-refractivity contribution is 6.00. The molecule has 1 aliphatic heterocycles. The summed E-state index contributed by atoms with van der Waals surface area (Å²) >= 11 is 0. The van der Waals surface area contributed by atoms with E-state index in [0.29, 0.717) is 22.5 Å². The van der Waals surface area contributed by atoms with Crippen LogP contribution >= 0.6 is 0 Å². The van der Waals surface area contributed by atoms with Crippen LogP contribution in [0.25, 0.3) is 10.8 Å². The van der Waals surface area contributed by atoms with Crippen LogP contribution in [0.3, 0.4) is 0 Å². The van der Waals surface area contributed by atoms with Crippen LogP contribution in [0.4, 0.5) is 0 Å². The molecule has 0 saturated heterocycles. The standard InChI is InChI=1S/C27H25NO4/c1-17-23(26(29)31-3)25(22-14-13-20-11-7-8-12-21(20)15-22)24(18(2)28-17)27(30)32-16-19-9-5-4-6-10-19/h4-15,25,28H,16H2,1-3H3. The number of fused-ring (bicyclic) bond motifs is 1. The molecular formula is C27H25NO4. The van der Waals surface area contributed by atoms with E-state index in [4.69, 9.17) is 9.47 Å². The van der Waals surface area contributed by atoms with E-state index < -0.39 is 17.9 Å². The number of hydrogen-bond donors (Lipinski definition) is 1. The molecule has 0 aromatic heterocycles. The maximum absolute atomic E-state index is 13.3. The number of carbonyl (C=O) groups excluding carboxylic acids is 2. The Hall–Kier alpha value is -3.86. The minimum atomic E-state index is -0.600. The van der Waals surface area contributed by atoms with Gasteiger partial charge in [0.25, 0.3) is 0 Å². The van der Waals surface area contributed by atoms with Crippen molar-refractivity contribution in [1.29, 1.82) is 0 Å². The van der Waals surface area contributed by atoms with Crippen molar-refractivity contribution in [2.24, 2.45) is 0 Å². The van der Waals surface area contributed by atoms with Gasteiger partial charge in [0.2, 0.25) is 0 Å². The fourth-order valence-corrected chi connectivity index (χ4v) is 4.17. The second kappa shape index (κ2) is 9.10. The van der Waals surface area contributed by atoms with Crippen molar-refractivity contribution >= 4 is 22.7 Å². The molecule has 3 aromatic carbocycles. The molecule has 0 saturated carbocycles. The van der Waals surface area contributed by atoms with Gasteiger partial charge in [0.05, 0.1) is 24.2 Å². The highest BCUT2D eigenvalue weighted by atomic mass is 16.5. The van der Waals surface area contributed by atoms with Gasteiger partial charge < -0.3 is 14.8 Å². The molecule has 4 rings (SSSR count). The molecule has 5 heteroatoms. The highest BCUT2D eigenvalue weighted by Gasteiger charge is 2.37. The average Bonchev–Trinajstić information content (AvgIpc) is 2.82. The zero-order chi connectivity index (χ0) is 22.7. The number of methoxy groups -OCH3 is 1. The minimum Gasteiger partial charge on any atom is -0.466 e. The van der Waals surface area contributed by atoms with Gasteiger partial charge in [-0.1, -0.05) is 72.8 Å². The predicted octanol–water partition coefficient (Wildman–Crippen LogP) is 4.99. The Balaban J connectivity index is 1.77. The lowest BCUT2D eigenvalue weighted by molar-refractivity contribution is -0.140. The van der Waals surface area contributed by atoms with Crippen LogP contribution in [0.5, 0.6) is 0 Å². The summed E-state index contributed by atoms with van der Waals surface area (Å²) in [5, 5.41) is 5.28. The predicted molar refractivity (Wildman–Crippen MR) is 123 cm³/mol. The third-order valence-electron chi connectivity index (χ3n) is 5.71. The molecule has 1 unspecified atom stereocenters. The molecule has 1 N–H and O–H groups in total. The molecule has 0 radical (unpaired) electrons. The Morgan fingerprint density at radius 3 is 2.12 bits per heavy atom. The van der Waals surface area contributed by atoms with Gasteiger partial charge in [-0.3, -0.25) is 0 Å². The van der Waals surface area contributed by atoms with Gasteiger partial charge in [-0.2, -0.15) is 0 Å². The minimum absolute atomic E-state index is 0.150. The number of ether oxygens (including phenoxy) is 2. The van der Waals surface area contributed by atoms with E-state index in [1.807, 2.05) is 86.6 Å². The lowest BCUT2D eigenvalue weighted by atomic mass is 9.80. The van der Waals surface area contributed by atoms with Crippen molar-refractivity contribution < 1.29 is 19.1 Å². The monoisotopic (exact) mass is 427 g/mol. The molecule has 0 amide bonds. The number of carbonyl (C=O) groups is 2. The summed E-state index contributed by atoms with van der Waals surface area (Å²) in [6.07, 6.45) is 0. The lowest BCUT2D eigenvalue weighted by Crippen LogP contribution is -2.32. The number of dihydropyridines is 1. The molecular weight excluding hydrogens is 402 g/mol. The maximum atomic E-state index is 13.3. The number of esters is 2. The van der Waals surface area contributed by atoms with E-state index >= 15 is 0 Å². The first-order valence-corrected chi connectivity index (χ1v) is 10.5. The Bertz CT molecular complexity index is 1240. The van der Waals surface area contributed by atoms with Crippen LogP contribution in [0.15, 0.2) is 95.3 Å². The van der Waals surface area contributed by atoms with Crippen molar-refractivity contribution in [3.05, 3.63) is 106 Å². The summed E-state index contributed by atoms with van der Waals surface area (Å²) in [6, 6.07) is 23.5. The molecule has 32 heavy (non-hydrogen) atoms. The Kier molecular flexibility index (Phi) is 6.08. The summed E-state index contributed by atoms with van der Waals surface area (Å²) in [7, 11) is 1.35. The molecule has 1 heterocycles. The van der Waals surface area contributed by atoms with Crippen molar-refractivity contribution in [3.8, 4) is 0 Å². The zero-order valence-corrected chi connectivity index (χ0v) is 18.3. The van der Waals surface area contributed by atoms with Crippen molar-refractivity contribution in [3.63, 3.8) is 0 Å². The first-order valence-electron chi connectivity index (χ1n) is 10.5. The highest BCUT2D eigenvalue weighted by Crippen LogP contribution is 2.40. The first kappa shape index (κ1) is 21.4. The van der Waals surface area contributed by atoms with E-state index in [0.717, 1.165) is 21.9 Å². The van der Waals surface area contributed by atoms with E-state index in [1.54, 1.807) is 0 Å². The van der Waals surface area contributed by atoms with Crippen LogP contribution in [0.1, 0.15) is 30.9 Å². The zero-order valence-electron chi connectivity index (χ0n) is 18.3. The summed E-state index contributed by atoms with van der Waals surface area (Å²) in [6.45, 7) is 3.79. The van der Waals surface area contributed by atoms with Gasteiger partial charge in [-0.15, -0.1) is 0 Å². The topological polar surface area (TPSA) is 64.6 Å². The number of nitrogens with one attached hydrogen (secondary N) is 1. The maximum Gasteiger partial charge on any atom is 0.337 e. The normalized spacial score (nSPS) is 16.0. The SMILES string of the molecule is COC(=O)C1=C(C)NC(C)=C(C(=O)OCc2ccccc2)C1c1ccc2ccccc2c1. The summed E-state index contributed by atoms with van der Waals surface area (Å²) in [5.74, 6) is -1.54. The van der Waals surface area contributed by atoms with Crippen LogP contribution in [0, 0.1) is 0 Å². The van der Waals surface area contributed by atoms with Crippen LogP contribution in [-0.4, -0.2) is 19.0 Å². The van der Waals surface area contributed by atoms with E-state index in [2.05, 4.69) is 5.32 Å². The number of benzene rings is 3. The van der Waals surface area contributed by atoms with Crippen molar-refractivity contribution in [2.45, 2.75) is 26.4 Å². The summed E-state index contributed by atoms with van der Waals surface area (Å²) in [5.41, 5.74) is 3.85. The average molecular weight is 428 g/mol. The molecule has 1 atom stereocenters. The summed E-state index contributed by atoms with van der Waals surface area (Å²) in [4.78, 5) is 26.1. The molecule has 162 valence electrons. The van der Waals surface area contributed by atoms with Crippen LogP contribution in [0.2, 0.25) is 0 Å². The van der Waals surface area contributed by atoms with Gasteiger partial charge >= 0.3 is 11.9 Å². The van der Waals surface area contributed by atoms with Gasteiger partial charge in [0.1, 0.15) is 6.61 Å². The molecule has 5 nitrogen and oxygen atoms in total. The number of allylic oxidation sites excluding steroid dienone is 2. The Morgan fingerprint density at radius 2 is 1.44 bits per heavy atom. The van der Waals surface area contributed by atoms with Gasteiger partial charge in [0.15, 0.2) is 0 Å². The molecule has 0 fully saturated rings. The van der Waals surface area contributed by atoms with Crippen molar-refractivity contribution in [1.82, 2.24) is 5.32 Å². The lowest BCUT2D eigenvalue weighted by Gasteiger charge is -2.30.